The lowest BCUT2D eigenvalue weighted by molar-refractivity contribution is 0.507. The van der Waals surface area contributed by atoms with E-state index in [4.69, 9.17) is 11.5 Å². The minimum atomic E-state index is -0.516. The summed E-state index contributed by atoms with van der Waals surface area (Å²) >= 11 is 0. The van der Waals surface area contributed by atoms with Crippen molar-refractivity contribution in [3.63, 3.8) is 0 Å². The third-order valence-electron chi connectivity index (χ3n) is 1.59. The van der Waals surface area contributed by atoms with Gasteiger partial charge in [-0.1, -0.05) is 0 Å². The Kier molecular flexibility index (Phi) is 6.51. The molecule has 4 heteroatoms. The molecule has 0 aromatic rings. The van der Waals surface area contributed by atoms with Gasteiger partial charge in [0.05, 0.1) is 6.04 Å². The van der Waals surface area contributed by atoms with Gasteiger partial charge in [0.25, 0.3) is 0 Å². The zero-order valence-corrected chi connectivity index (χ0v) is 6.95. The summed E-state index contributed by atoms with van der Waals surface area (Å²) in [5, 5.41) is 0. The molecule has 0 aromatic carbocycles. The van der Waals surface area contributed by atoms with Gasteiger partial charge in [-0.15, -0.1) is 0 Å². The molecule has 2 unspecified atom stereocenters. The summed E-state index contributed by atoms with van der Waals surface area (Å²) < 4.78 is 0. The Balaban J connectivity index is 3.29. The van der Waals surface area contributed by atoms with Gasteiger partial charge in [0, 0.05) is 12.5 Å². The van der Waals surface area contributed by atoms with Crippen LogP contribution >= 0.6 is 0 Å². The maximum absolute atomic E-state index is 9.96. The molecule has 0 amide bonds. The Labute approximate surface area is 72.3 Å². The van der Waals surface area contributed by atoms with Crippen LogP contribution in [0, 0.1) is 0 Å². The highest BCUT2D eigenvalue weighted by atomic mass is 16.1. The molecule has 0 aliphatic carbocycles. The predicted octanol–water partition coefficient (Wildman–Crippen LogP) is -0.579. The second-order valence-corrected chi connectivity index (χ2v) is 2.76. The van der Waals surface area contributed by atoms with Crippen LogP contribution < -0.4 is 11.5 Å². The molecule has 0 rings (SSSR count). The smallest absolute Gasteiger partial charge is 0.216 e. The minimum Gasteiger partial charge on any atom is -0.327 e. The van der Waals surface area contributed by atoms with E-state index in [0.717, 1.165) is 6.42 Å². The van der Waals surface area contributed by atoms with Crippen molar-refractivity contribution in [1.82, 2.24) is 0 Å². The molecule has 0 saturated heterocycles. The average molecular weight is 170 g/mol. The Bertz CT molecular complexity index is 139. The van der Waals surface area contributed by atoms with E-state index in [1.54, 1.807) is 12.6 Å². The molecule has 2 radical (unpaired) electrons. The van der Waals surface area contributed by atoms with E-state index in [-0.39, 0.29) is 12.5 Å². The summed E-state index contributed by atoms with van der Waals surface area (Å²) in [5.41, 5.74) is 10.8. The fraction of sp³-hybridized carbons (Fsp3) is 0.750. The fourth-order valence-electron chi connectivity index (χ4n) is 0.868. The lowest BCUT2D eigenvalue weighted by atomic mass is 10.1. The van der Waals surface area contributed by atoms with Crippen LogP contribution in [0.2, 0.25) is 0 Å². The van der Waals surface area contributed by atoms with E-state index >= 15 is 0 Å². The van der Waals surface area contributed by atoms with Crippen molar-refractivity contribution in [1.29, 1.82) is 0 Å². The van der Waals surface area contributed by atoms with Crippen molar-refractivity contribution in [3.8, 4) is 0 Å². The number of hydrogen-bond donors (Lipinski definition) is 2. The Morgan fingerprint density at radius 2 is 1.83 bits per heavy atom. The largest absolute Gasteiger partial charge is 0.327 e. The van der Waals surface area contributed by atoms with Crippen molar-refractivity contribution in [2.75, 3.05) is 0 Å². The second kappa shape index (κ2) is 6.94. The summed E-state index contributed by atoms with van der Waals surface area (Å²) in [7, 11) is 0. The second-order valence-electron chi connectivity index (χ2n) is 2.76. The lowest BCUT2D eigenvalue weighted by Crippen LogP contribution is -2.24. The molecule has 0 aliphatic heterocycles. The summed E-state index contributed by atoms with van der Waals surface area (Å²) in [6, 6.07) is -0.668. The number of carbonyl (C=O) groups excluding carboxylic acids is 2. The summed E-state index contributed by atoms with van der Waals surface area (Å²) in [6.07, 6.45) is 5.69. The van der Waals surface area contributed by atoms with Crippen molar-refractivity contribution >= 4 is 12.6 Å². The van der Waals surface area contributed by atoms with Crippen LogP contribution in [0.3, 0.4) is 0 Å². The minimum absolute atomic E-state index is 0.152. The standard InChI is InChI=1S/C8H14N2O2/c9-7(4-5-11)2-1-3-8(10)6-12/h7-8H,1-4,9-10H2. The van der Waals surface area contributed by atoms with Gasteiger partial charge in [-0.3, -0.25) is 9.59 Å². The topological polar surface area (TPSA) is 86.2 Å². The van der Waals surface area contributed by atoms with Crippen LogP contribution in [-0.4, -0.2) is 24.7 Å². The Morgan fingerprint density at radius 3 is 2.33 bits per heavy atom. The van der Waals surface area contributed by atoms with Crippen LogP contribution in [0.25, 0.3) is 0 Å². The molecule has 0 aliphatic rings. The summed E-state index contributed by atoms with van der Waals surface area (Å²) in [5.74, 6) is 0. The molecule has 2 atom stereocenters. The first-order valence-corrected chi connectivity index (χ1v) is 3.94. The van der Waals surface area contributed by atoms with E-state index in [0.29, 0.717) is 12.8 Å². The van der Waals surface area contributed by atoms with Gasteiger partial charge >= 0.3 is 0 Å². The molecule has 0 saturated carbocycles. The van der Waals surface area contributed by atoms with Crippen LogP contribution in [0.1, 0.15) is 25.7 Å². The van der Waals surface area contributed by atoms with Crippen LogP contribution in [0.5, 0.6) is 0 Å². The van der Waals surface area contributed by atoms with Gasteiger partial charge in [-0.2, -0.15) is 0 Å². The Hall–Kier alpha value is -0.740. The molecule has 0 bridgehead atoms. The first-order chi connectivity index (χ1) is 5.70. The molecule has 68 valence electrons. The SMILES string of the molecule is NC([C]=O)CCCC(N)C[C]=O. The van der Waals surface area contributed by atoms with Gasteiger partial charge in [0.1, 0.15) is 0 Å². The van der Waals surface area contributed by atoms with Crippen LogP contribution in [0.4, 0.5) is 0 Å². The predicted molar refractivity (Wildman–Crippen MR) is 45.8 cm³/mol. The number of hydrogen-bond acceptors (Lipinski definition) is 4. The molecule has 4 N–H and O–H groups in total. The fourth-order valence-corrected chi connectivity index (χ4v) is 0.868. The molecule has 0 spiro atoms. The van der Waals surface area contributed by atoms with Gasteiger partial charge < -0.3 is 11.5 Å². The van der Waals surface area contributed by atoms with E-state index in [1.807, 2.05) is 0 Å². The first kappa shape index (κ1) is 11.3. The lowest BCUT2D eigenvalue weighted by Gasteiger charge is -2.07. The van der Waals surface area contributed by atoms with Crippen molar-refractivity contribution in [3.05, 3.63) is 0 Å². The third-order valence-corrected chi connectivity index (χ3v) is 1.59. The van der Waals surface area contributed by atoms with Crippen molar-refractivity contribution in [2.45, 2.75) is 37.8 Å². The van der Waals surface area contributed by atoms with Gasteiger partial charge in [-0.25, -0.2) is 0 Å². The molecule has 4 nitrogen and oxygen atoms in total. The van der Waals surface area contributed by atoms with Crippen LogP contribution in [0.15, 0.2) is 0 Å². The van der Waals surface area contributed by atoms with E-state index in [1.165, 1.54) is 0 Å². The highest BCUT2D eigenvalue weighted by Crippen LogP contribution is 2.02. The number of nitrogens with two attached hydrogens (primary N) is 2. The van der Waals surface area contributed by atoms with Gasteiger partial charge in [0.2, 0.25) is 6.29 Å². The van der Waals surface area contributed by atoms with E-state index in [9.17, 15) is 9.59 Å². The van der Waals surface area contributed by atoms with Gasteiger partial charge in [-0.05, 0) is 19.3 Å². The van der Waals surface area contributed by atoms with Gasteiger partial charge in [0.15, 0.2) is 6.29 Å². The Morgan fingerprint density at radius 1 is 1.17 bits per heavy atom. The maximum Gasteiger partial charge on any atom is 0.216 e. The zero-order chi connectivity index (χ0) is 9.40. The molecule has 0 aromatic heterocycles. The monoisotopic (exact) mass is 170 g/mol. The average Bonchev–Trinajstić information content (AvgIpc) is 2.04. The highest BCUT2D eigenvalue weighted by molar-refractivity contribution is 5.57. The van der Waals surface area contributed by atoms with E-state index in [2.05, 4.69) is 0 Å². The molecule has 12 heavy (non-hydrogen) atoms. The highest BCUT2D eigenvalue weighted by Gasteiger charge is 2.04. The van der Waals surface area contributed by atoms with Crippen LogP contribution in [-0.2, 0) is 9.59 Å². The van der Waals surface area contributed by atoms with E-state index < -0.39 is 6.04 Å². The third kappa shape index (κ3) is 6.00. The summed E-state index contributed by atoms with van der Waals surface area (Å²) in [4.78, 5) is 19.8. The molecule has 0 heterocycles. The summed E-state index contributed by atoms with van der Waals surface area (Å²) in [6.45, 7) is 0. The normalized spacial score (nSPS) is 15.2. The zero-order valence-electron chi connectivity index (χ0n) is 6.95. The molecular weight excluding hydrogens is 156 g/mol. The number of rotatable bonds is 7. The van der Waals surface area contributed by atoms with Crippen molar-refractivity contribution < 1.29 is 9.59 Å². The molecule has 0 fully saturated rings. The molecular formula is C8H14N2O2. The first-order valence-electron chi connectivity index (χ1n) is 3.94. The maximum atomic E-state index is 9.96. The van der Waals surface area contributed by atoms with Crippen molar-refractivity contribution in [2.24, 2.45) is 11.5 Å². The quantitative estimate of drug-likeness (QED) is 0.535.